The average molecular weight is 195 g/mol. The zero-order chi connectivity index (χ0) is 9.97. The molecule has 0 amide bonds. The summed E-state index contributed by atoms with van der Waals surface area (Å²) in [7, 11) is 2.13. The van der Waals surface area contributed by atoms with Gasteiger partial charge in [0, 0.05) is 12.6 Å². The van der Waals surface area contributed by atoms with Crippen molar-refractivity contribution in [2.45, 2.75) is 31.8 Å². The molecule has 1 saturated heterocycles. The molecule has 2 rings (SSSR count). The fraction of sp³-hybridized carbons (Fsp3) is 0.700. The molecule has 0 bridgehead atoms. The van der Waals surface area contributed by atoms with E-state index in [4.69, 9.17) is 10.3 Å². The van der Waals surface area contributed by atoms with Crippen molar-refractivity contribution in [2.75, 3.05) is 13.6 Å². The number of nitrogens with zero attached hydrogens (tertiary/aromatic N) is 2. The molecule has 1 aromatic heterocycles. The van der Waals surface area contributed by atoms with Crippen LogP contribution in [0.4, 0.5) is 0 Å². The molecule has 2 N–H and O–H groups in total. The zero-order valence-electron chi connectivity index (χ0n) is 8.57. The molecule has 1 aromatic rings. The van der Waals surface area contributed by atoms with Crippen LogP contribution < -0.4 is 5.73 Å². The summed E-state index contributed by atoms with van der Waals surface area (Å²) in [4.78, 5) is 2.32. The first kappa shape index (κ1) is 9.68. The monoisotopic (exact) mass is 195 g/mol. The molecule has 0 aromatic carbocycles. The molecule has 0 radical (unpaired) electrons. The Morgan fingerprint density at radius 3 is 3.14 bits per heavy atom. The minimum atomic E-state index is 0.400. The van der Waals surface area contributed by atoms with Crippen LogP contribution in [0.1, 0.15) is 36.8 Å². The first-order valence-electron chi connectivity index (χ1n) is 5.17. The Balaban J connectivity index is 2.12. The Hall–Kier alpha value is -0.870. The fourth-order valence-corrected chi connectivity index (χ4v) is 2.02. The van der Waals surface area contributed by atoms with E-state index in [0.717, 1.165) is 24.4 Å². The van der Waals surface area contributed by atoms with Crippen LogP contribution in [-0.4, -0.2) is 23.6 Å². The highest BCUT2D eigenvalue weighted by atomic mass is 16.5. The number of piperidine rings is 1. The summed E-state index contributed by atoms with van der Waals surface area (Å²) in [6.07, 6.45) is 3.72. The normalized spacial score (nSPS) is 24.0. The largest absolute Gasteiger partial charge is 0.359 e. The van der Waals surface area contributed by atoms with E-state index in [1.807, 2.05) is 6.07 Å². The highest BCUT2D eigenvalue weighted by Crippen LogP contribution is 2.29. The van der Waals surface area contributed by atoms with Crippen molar-refractivity contribution in [3.8, 4) is 0 Å². The second-order valence-corrected chi connectivity index (χ2v) is 3.92. The third-order valence-corrected chi connectivity index (χ3v) is 2.89. The van der Waals surface area contributed by atoms with E-state index >= 15 is 0 Å². The first-order valence-corrected chi connectivity index (χ1v) is 5.17. The molecular formula is C10H17N3O. The van der Waals surface area contributed by atoms with Gasteiger partial charge in [0.1, 0.15) is 0 Å². The SMILES string of the molecule is CN1CCCCC1c1cc(CN)no1. The minimum absolute atomic E-state index is 0.400. The van der Waals surface area contributed by atoms with E-state index in [9.17, 15) is 0 Å². The summed E-state index contributed by atoms with van der Waals surface area (Å²) in [5.41, 5.74) is 6.34. The van der Waals surface area contributed by atoms with E-state index in [0.29, 0.717) is 12.6 Å². The van der Waals surface area contributed by atoms with Crippen LogP contribution in [-0.2, 0) is 6.54 Å². The van der Waals surface area contributed by atoms with Crippen LogP contribution in [0.5, 0.6) is 0 Å². The highest BCUT2D eigenvalue weighted by molar-refractivity contribution is 5.09. The quantitative estimate of drug-likeness (QED) is 0.772. The predicted molar refractivity (Wildman–Crippen MR) is 53.6 cm³/mol. The minimum Gasteiger partial charge on any atom is -0.359 e. The fourth-order valence-electron chi connectivity index (χ4n) is 2.02. The Labute approximate surface area is 84.0 Å². The van der Waals surface area contributed by atoms with Crippen molar-refractivity contribution >= 4 is 0 Å². The Morgan fingerprint density at radius 2 is 2.50 bits per heavy atom. The lowest BCUT2D eigenvalue weighted by Crippen LogP contribution is -2.29. The molecule has 1 aliphatic rings. The lowest BCUT2D eigenvalue weighted by molar-refractivity contribution is 0.155. The number of nitrogens with two attached hydrogens (primary N) is 1. The molecule has 1 unspecified atom stereocenters. The molecule has 14 heavy (non-hydrogen) atoms. The topological polar surface area (TPSA) is 55.3 Å². The average Bonchev–Trinajstić information content (AvgIpc) is 2.67. The number of likely N-dealkylation sites (tertiary alicyclic amines) is 1. The van der Waals surface area contributed by atoms with Gasteiger partial charge in [0.15, 0.2) is 5.76 Å². The van der Waals surface area contributed by atoms with Gasteiger partial charge in [-0.2, -0.15) is 0 Å². The first-order chi connectivity index (χ1) is 6.81. The van der Waals surface area contributed by atoms with Gasteiger partial charge < -0.3 is 10.3 Å². The van der Waals surface area contributed by atoms with Crippen molar-refractivity contribution in [1.29, 1.82) is 0 Å². The van der Waals surface area contributed by atoms with Gasteiger partial charge in [-0.25, -0.2) is 0 Å². The van der Waals surface area contributed by atoms with E-state index in [-0.39, 0.29) is 0 Å². The zero-order valence-corrected chi connectivity index (χ0v) is 8.57. The predicted octanol–water partition coefficient (Wildman–Crippen LogP) is 1.29. The van der Waals surface area contributed by atoms with E-state index in [1.165, 1.54) is 12.8 Å². The van der Waals surface area contributed by atoms with E-state index in [2.05, 4.69) is 17.1 Å². The molecule has 0 spiro atoms. The third kappa shape index (κ3) is 1.81. The summed E-state index contributed by atoms with van der Waals surface area (Å²) in [5, 5.41) is 3.92. The summed E-state index contributed by atoms with van der Waals surface area (Å²) in [6.45, 7) is 1.60. The van der Waals surface area contributed by atoms with Gasteiger partial charge in [-0.1, -0.05) is 11.6 Å². The number of hydrogen-bond donors (Lipinski definition) is 1. The molecule has 4 nitrogen and oxygen atoms in total. The lowest BCUT2D eigenvalue weighted by Gasteiger charge is -2.30. The van der Waals surface area contributed by atoms with Gasteiger partial charge in [0.25, 0.3) is 0 Å². The second kappa shape index (κ2) is 4.11. The van der Waals surface area contributed by atoms with Crippen molar-refractivity contribution in [1.82, 2.24) is 10.1 Å². The van der Waals surface area contributed by atoms with E-state index in [1.54, 1.807) is 0 Å². The smallest absolute Gasteiger partial charge is 0.154 e. The van der Waals surface area contributed by atoms with Crippen LogP contribution in [0.25, 0.3) is 0 Å². The van der Waals surface area contributed by atoms with Crippen LogP contribution >= 0.6 is 0 Å². The maximum Gasteiger partial charge on any atom is 0.154 e. The van der Waals surface area contributed by atoms with Gasteiger partial charge in [-0.3, -0.25) is 4.90 Å². The Morgan fingerprint density at radius 1 is 1.64 bits per heavy atom. The van der Waals surface area contributed by atoms with Gasteiger partial charge in [-0.15, -0.1) is 0 Å². The highest BCUT2D eigenvalue weighted by Gasteiger charge is 2.24. The summed E-state index contributed by atoms with van der Waals surface area (Å²) < 4.78 is 5.29. The molecule has 0 aliphatic carbocycles. The summed E-state index contributed by atoms with van der Waals surface area (Å²) in [5.74, 6) is 0.965. The maximum atomic E-state index is 5.49. The molecule has 78 valence electrons. The van der Waals surface area contributed by atoms with Crippen molar-refractivity contribution in [3.05, 3.63) is 17.5 Å². The van der Waals surface area contributed by atoms with Crippen LogP contribution in [0, 0.1) is 0 Å². The van der Waals surface area contributed by atoms with Gasteiger partial charge in [0.05, 0.1) is 11.7 Å². The molecule has 4 heteroatoms. The number of aromatic nitrogens is 1. The van der Waals surface area contributed by atoms with E-state index < -0.39 is 0 Å². The van der Waals surface area contributed by atoms with Gasteiger partial charge in [0.2, 0.25) is 0 Å². The summed E-state index contributed by atoms with van der Waals surface area (Å²) >= 11 is 0. The molecular weight excluding hydrogens is 178 g/mol. The van der Waals surface area contributed by atoms with Crippen molar-refractivity contribution < 1.29 is 4.52 Å². The Bertz CT molecular complexity index is 297. The number of rotatable bonds is 2. The second-order valence-electron chi connectivity index (χ2n) is 3.92. The molecule has 1 aliphatic heterocycles. The van der Waals surface area contributed by atoms with Gasteiger partial charge in [-0.05, 0) is 26.4 Å². The summed E-state index contributed by atoms with van der Waals surface area (Å²) in [6, 6.07) is 2.38. The molecule has 0 saturated carbocycles. The third-order valence-electron chi connectivity index (χ3n) is 2.89. The van der Waals surface area contributed by atoms with Crippen molar-refractivity contribution in [3.63, 3.8) is 0 Å². The Kier molecular flexibility index (Phi) is 2.84. The maximum absolute atomic E-state index is 5.49. The molecule has 1 atom stereocenters. The standard InChI is InChI=1S/C10H17N3O/c1-13-5-3-2-4-9(13)10-6-8(7-11)12-14-10/h6,9H,2-5,7,11H2,1H3. The van der Waals surface area contributed by atoms with Gasteiger partial charge >= 0.3 is 0 Å². The molecule has 2 heterocycles. The van der Waals surface area contributed by atoms with Crippen LogP contribution in [0.3, 0.4) is 0 Å². The lowest BCUT2D eigenvalue weighted by atomic mass is 10.0. The van der Waals surface area contributed by atoms with Crippen LogP contribution in [0.2, 0.25) is 0 Å². The van der Waals surface area contributed by atoms with Crippen LogP contribution in [0.15, 0.2) is 10.6 Å². The molecule has 1 fully saturated rings. The van der Waals surface area contributed by atoms with Crippen molar-refractivity contribution in [2.24, 2.45) is 5.73 Å². The number of hydrogen-bond acceptors (Lipinski definition) is 4.